The molecule has 1 fully saturated rings. The molecule has 0 aliphatic carbocycles. The largest absolute Gasteiger partial charge is 0.479 e. The topological polar surface area (TPSA) is 175 Å². The van der Waals surface area contributed by atoms with Crippen LogP contribution in [-0.4, -0.2) is 89.2 Å². The minimum Gasteiger partial charge on any atom is -0.479 e. The Kier molecular flexibility index (Phi) is 43.5. The third kappa shape index (κ3) is 37.0. The first-order valence-corrected chi connectivity index (χ1v) is 28.7. The summed E-state index contributed by atoms with van der Waals surface area (Å²) in [6.45, 7) is 5.98. The van der Waals surface area contributed by atoms with E-state index < -0.39 is 67.3 Å². The van der Waals surface area contributed by atoms with Gasteiger partial charge in [0.1, 0.15) is 18.8 Å². The van der Waals surface area contributed by atoms with Crippen molar-refractivity contribution in [1.29, 1.82) is 0 Å². The van der Waals surface area contributed by atoms with Crippen molar-refractivity contribution in [2.75, 3.05) is 13.2 Å². The lowest BCUT2D eigenvalue weighted by Gasteiger charge is -2.40. The Morgan fingerprint density at radius 1 is 0.464 bits per heavy atom. The molecule has 1 aliphatic rings. The summed E-state index contributed by atoms with van der Waals surface area (Å²) in [4.78, 5) is 50.9. The van der Waals surface area contributed by atoms with Gasteiger partial charge in [-0.3, -0.25) is 14.4 Å². The Balaban J connectivity index is 2.69. The summed E-state index contributed by atoms with van der Waals surface area (Å²) in [5.74, 6) is -3.10. The van der Waals surface area contributed by atoms with E-state index in [2.05, 4.69) is 32.9 Å². The molecule has 6 atom stereocenters. The molecular weight excluding hydrogens is 877 g/mol. The van der Waals surface area contributed by atoms with Gasteiger partial charge in [-0.05, 0) is 44.9 Å². The van der Waals surface area contributed by atoms with Crippen LogP contribution in [0.5, 0.6) is 0 Å². The lowest BCUT2D eigenvalue weighted by Crippen LogP contribution is -2.61. The number of hydrogen-bond donors (Lipinski definition) is 3. The zero-order valence-corrected chi connectivity index (χ0v) is 44.3. The smallest absolute Gasteiger partial charge is 0.335 e. The van der Waals surface area contributed by atoms with Crippen molar-refractivity contribution < 1.29 is 58.2 Å². The number of ether oxygens (including phenoxy) is 5. The predicted octanol–water partition coefficient (Wildman–Crippen LogP) is 14.1. The highest BCUT2D eigenvalue weighted by Crippen LogP contribution is 2.26. The van der Waals surface area contributed by atoms with E-state index in [1.807, 2.05) is 0 Å². The molecule has 1 rings (SSSR count). The zero-order chi connectivity index (χ0) is 50.4. The minimum absolute atomic E-state index is 0.0670. The average Bonchev–Trinajstić information content (AvgIpc) is 3.33. The number of carbonyl (C=O) groups is 4. The monoisotopic (exact) mass is 981 g/mol. The van der Waals surface area contributed by atoms with Crippen molar-refractivity contribution in [2.45, 2.75) is 314 Å². The van der Waals surface area contributed by atoms with Gasteiger partial charge in [0.25, 0.3) is 0 Å². The lowest BCUT2D eigenvalue weighted by molar-refractivity contribution is -0.301. The molecule has 1 saturated heterocycles. The number of aliphatic hydroxyl groups excluding tert-OH is 2. The molecule has 1 aliphatic heterocycles. The van der Waals surface area contributed by atoms with E-state index in [9.17, 15) is 34.5 Å². The summed E-state index contributed by atoms with van der Waals surface area (Å²) in [5.41, 5.74) is 0. The fourth-order valence-corrected chi connectivity index (χ4v) is 8.89. The molecule has 0 saturated carbocycles. The molecule has 0 spiro atoms. The highest BCUT2D eigenvalue weighted by atomic mass is 16.7. The second-order valence-electron chi connectivity index (χ2n) is 19.9. The Morgan fingerprint density at radius 2 is 0.826 bits per heavy atom. The second-order valence-corrected chi connectivity index (χ2v) is 19.9. The Labute approximate surface area is 420 Å². The summed E-state index contributed by atoms with van der Waals surface area (Å²) in [6.07, 6.45) is 37.6. The molecule has 404 valence electrons. The van der Waals surface area contributed by atoms with Gasteiger partial charge < -0.3 is 39.0 Å². The first-order chi connectivity index (χ1) is 33.6. The summed E-state index contributed by atoms with van der Waals surface area (Å²) < 4.78 is 28.4. The van der Waals surface area contributed by atoms with Crippen LogP contribution in [0.15, 0.2) is 12.2 Å². The first kappa shape index (κ1) is 64.5. The fourth-order valence-electron chi connectivity index (χ4n) is 8.89. The van der Waals surface area contributed by atoms with Gasteiger partial charge in [-0.15, -0.1) is 0 Å². The van der Waals surface area contributed by atoms with Crippen molar-refractivity contribution in [2.24, 2.45) is 0 Å². The SMILES string of the molecule is CCCCCCCC/C=C\CCCCCCCC(=O)OCC(COC1OC(C(=O)O)C(O)C(O)C1OC(=O)CCCCCCCCCCCCC)OC(=O)CCCCCCCCCCCCCCC. The maximum Gasteiger partial charge on any atom is 0.335 e. The lowest BCUT2D eigenvalue weighted by atomic mass is 9.98. The number of aliphatic carboxylic acids is 1. The number of carboxylic acids is 1. The van der Waals surface area contributed by atoms with Crippen LogP contribution >= 0.6 is 0 Å². The number of carboxylic acid groups (broad SMARTS) is 1. The molecule has 3 N–H and O–H groups in total. The van der Waals surface area contributed by atoms with Crippen LogP contribution in [0.4, 0.5) is 0 Å². The van der Waals surface area contributed by atoms with Gasteiger partial charge in [0.2, 0.25) is 0 Å². The normalized spacial score (nSPS) is 18.7. The molecule has 69 heavy (non-hydrogen) atoms. The number of carbonyl (C=O) groups excluding carboxylic acids is 3. The molecule has 0 aromatic carbocycles. The van der Waals surface area contributed by atoms with Gasteiger partial charge in [-0.2, -0.15) is 0 Å². The molecule has 1 heterocycles. The second kappa shape index (κ2) is 46.5. The summed E-state index contributed by atoms with van der Waals surface area (Å²) >= 11 is 0. The van der Waals surface area contributed by atoms with Gasteiger partial charge in [0.05, 0.1) is 6.61 Å². The number of esters is 3. The van der Waals surface area contributed by atoms with E-state index in [1.165, 1.54) is 135 Å². The molecule has 12 heteroatoms. The summed E-state index contributed by atoms with van der Waals surface area (Å²) in [7, 11) is 0. The summed E-state index contributed by atoms with van der Waals surface area (Å²) in [5, 5.41) is 31.4. The van der Waals surface area contributed by atoms with E-state index in [0.29, 0.717) is 19.3 Å². The van der Waals surface area contributed by atoms with E-state index in [-0.39, 0.29) is 25.9 Å². The standard InChI is InChI=1S/C57H104O12/c1-4-7-10-13-16-19-22-24-25-27-29-31-34-37-40-43-49(58)65-46-48(67-50(59)44-41-38-35-33-30-26-23-20-17-14-11-8-5-2)47-66-57-55(53(62)52(61)54(69-57)56(63)64)68-51(60)45-42-39-36-32-28-21-18-15-12-9-6-3/h24-25,48,52-55,57,61-62H,4-23,26-47H2,1-3H3,(H,63,64)/b25-24-. The van der Waals surface area contributed by atoms with Crippen LogP contribution in [-0.2, 0) is 42.9 Å². The molecule has 0 aromatic rings. The van der Waals surface area contributed by atoms with Crippen LogP contribution in [0.1, 0.15) is 278 Å². The first-order valence-electron chi connectivity index (χ1n) is 28.7. The molecule has 0 aromatic heterocycles. The van der Waals surface area contributed by atoms with Crippen LogP contribution in [0.25, 0.3) is 0 Å². The van der Waals surface area contributed by atoms with Gasteiger partial charge in [0.15, 0.2) is 24.6 Å². The molecule has 12 nitrogen and oxygen atoms in total. The predicted molar refractivity (Wildman–Crippen MR) is 276 cm³/mol. The number of allylic oxidation sites excluding steroid dienone is 2. The third-order valence-electron chi connectivity index (χ3n) is 13.3. The van der Waals surface area contributed by atoms with Gasteiger partial charge in [-0.25, -0.2) is 4.79 Å². The molecule has 0 radical (unpaired) electrons. The van der Waals surface area contributed by atoms with E-state index >= 15 is 0 Å². The van der Waals surface area contributed by atoms with Gasteiger partial charge in [0, 0.05) is 19.3 Å². The summed E-state index contributed by atoms with van der Waals surface area (Å²) in [6, 6.07) is 0. The molecular formula is C57H104O12. The number of unbranched alkanes of at least 4 members (excludes halogenated alkanes) is 33. The fraction of sp³-hybridized carbons (Fsp3) is 0.895. The van der Waals surface area contributed by atoms with E-state index in [4.69, 9.17) is 23.7 Å². The maximum atomic E-state index is 13.1. The minimum atomic E-state index is -1.89. The van der Waals surface area contributed by atoms with Crippen LogP contribution in [0.2, 0.25) is 0 Å². The zero-order valence-electron chi connectivity index (χ0n) is 44.3. The quantitative estimate of drug-likeness (QED) is 0.0228. The molecule has 0 bridgehead atoms. The van der Waals surface area contributed by atoms with E-state index in [0.717, 1.165) is 83.5 Å². The van der Waals surface area contributed by atoms with Crippen LogP contribution in [0.3, 0.4) is 0 Å². The van der Waals surface area contributed by atoms with Crippen LogP contribution < -0.4 is 0 Å². The Morgan fingerprint density at radius 3 is 1.23 bits per heavy atom. The Bertz CT molecular complexity index is 1260. The van der Waals surface area contributed by atoms with Crippen LogP contribution in [0, 0.1) is 0 Å². The average molecular weight is 981 g/mol. The Hall–Kier alpha value is -2.54. The maximum absolute atomic E-state index is 13.1. The molecule has 6 unspecified atom stereocenters. The van der Waals surface area contributed by atoms with Gasteiger partial charge >= 0.3 is 23.9 Å². The van der Waals surface area contributed by atoms with Crippen molar-refractivity contribution in [3.8, 4) is 0 Å². The highest BCUT2D eigenvalue weighted by Gasteiger charge is 2.50. The number of hydrogen-bond acceptors (Lipinski definition) is 11. The number of aliphatic hydroxyl groups is 2. The van der Waals surface area contributed by atoms with E-state index in [1.54, 1.807) is 0 Å². The third-order valence-corrected chi connectivity index (χ3v) is 13.3. The molecule has 0 amide bonds. The van der Waals surface area contributed by atoms with Crippen molar-refractivity contribution in [3.05, 3.63) is 12.2 Å². The van der Waals surface area contributed by atoms with Crippen molar-refractivity contribution in [3.63, 3.8) is 0 Å². The number of rotatable bonds is 49. The highest BCUT2D eigenvalue weighted by molar-refractivity contribution is 5.74. The van der Waals surface area contributed by atoms with Crippen molar-refractivity contribution in [1.82, 2.24) is 0 Å². The van der Waals surface area contributed by atoms with Crippen molar-refractivity contribution >= 4 is 23.9 Å². The van der Waals surface area contributed by atoms with Gasteiger partial charge in [-0.1, -0.05) is 226 Å².